The van der Waals surface area contributed by atoms with Crippen LogP contribution in [0.15, 0.2) is 24.2 Å². The van der Waals surface area contributed by atoms with Gasteiger partial charge in [-0.25, -0.2) is 0 Å². The van der Waals surface area contributed by atoms with Crippen molar-refractivity contribution in [2.24, 2.45) is 0 Å². The third-order valence-corrected chi connectivity index (χ3v) is 4.33. The molecule has 0 spiro atoms. The van der Waals surface area contributed by atoms with E-state index < -0.39 is 0 Å². The van der Waals surface area contributed by atoms with Crippen molar-refractivity contribution in [2.45, 2.75) is 33.9 Å². The summed E-state index contributed by atoms with van der Waals surface area (Å²) in [5.74, 6) is -0.518. The maximum atomic E-state index is 12.8. The van der Waals surface area contributed by atoms with E-state index in [1.807, 2.05) is 19.1 Å². The summed E-state index contributed by atoms with van der Waals surface area (Å²) in [6.45, 7) is 6.11. The van der Waals surface area contributed by atoms with Gasteiger partial charge in [-0.3, -0.25) is 4.79 Å². The van der Waals surface area contributed by atoms with Crippen molar-refractivity contribution in [3.63, 3.8) is 0 Å². The number of carbonyl (C=O) groups is 1. The average Bonchev–Trinajstić information content (AvgIpc) is 2.93. The van der Waals surface area contributed by atoms with Crippen molar-refractivity contribution in [1.29, 1.82) is 0 Å². The second kappa shape index (κ2) is 5.05. The number of hydrogen-bond donors (Lipinski definition) is 2. The van der Waals surface area contributed by atoms with Gasteiger partial charge in [-0.05, 0) is 43.0 Å². The van der Waals surface area contributed by atoms with Crippen molar-refractivity contribution in [3.8, 4) is 11.5 Å². The van der Waals surface area contributed by atoms with Gasteiger partial charge < -0.3 is 15.1 Å². The third-order valence-electron chi connectivity index (χ3n) is 4.33. The van der Waals surface area contributed by atoms with Crippen LogP contribution in [0.1, 0.15) is 39.5 Å². The molecule has 0 aromatic heterocycles. The van der Waals surface area contributed by atoms with Crippen LogP contribution in [0, 0.1) is 20.8 Å². The Morgan fingerprint density at radius 2 is 1.77 bits per heavy atom. The van der Waals surface area contributed by atoms with Gasteiger partial charge in [-0.2, -0.15) is 0 Å². The van der Waals surface area contributed by atoms with E-state index in [0.29, 0.717) is 30.3 Å². The minimum absolute atomic E-state index is 0.0228. The normalized spacial score (nSPS) is 14.0. The smallest absolute Gasteiger partial charge is 0.258 e. The molecule has 1 aliphatic rings. The molecule has 2 aromatic carbocycles. The quantitative estimate of drug-likeness (QED) is 0.850. The van der Waals surface area contributed by atoms with E-state index in [1.54, 1.807) is 18.7 Å². The van der Waals surface area contributed by atoms with Crippen LogP contribution in [0.4, 0.5) is 0 Å². The van der Waals surface area contributed by atoms with Gasteiger partial charge in [0.1, 0.15) is 11.5 Å². The maximum Gasteiger partial charge on any atom is 0.258 e. The van der Waals surface area contributed by atoms with Crippen molar-refractivity contribution < 1.29 is 16.4 Å². The number of aryl methyl sites for hydroxylation is 1. The summed E-state index contributed by atoms with van der Waals surface area (Å²) in [7, 11) is 0. The fraction of sp³-hybridized carbons (Fsp3) is 0.278. The lowest BCUT2D eigenvalue weighted by atomic mass is 10.00. The molecule has 0 bridgehead atoms. The first-order valence-electron chi connectivity index (χ1n) is 7.70. The number of phenols is 2. The van der Waals surface area contributed by atoms with Crippen molar-refractivity contribution in [1.82, 2.24) is 4.90 Å². The molecule has 0 unspecified atom stereocenters. The molecule has 1 amide bonds. The predicted molar refractivity (Wildman–Crippen MR) is 84.0 cm³/mol. The topological polar surface area (TPSA) is 60.8 Å². The Kier molecular flexibility index (Phi) is 3.03. The molecule has 1 aliphatic heterocycles. The highest BCUT2D eigenvalue weighted by Crippen LogP contribution is 2.34. The summed E-state index contributed by atoms with van der Waals surface area (Å²) in [4.78, 5) is 14.5. The number of nitrogens with zero attached hydrogens (tertiary/aromatic N) is 1. The number of rotatable bonds is 1. The van der Waals surface area contributed by atoms with Gasteiger partial charge in [0.05, 0.1) is 6.93 Å². The number of aromatic hydroxyl groups is 2. The zero-order chi connectivity index (χ0) is 16.9. The average molecular weight is 298 g/mol. The summed E-state index contributed by atoms with van der Waals surface area (Å²) in [5, 5.41) is 19.9. The molecule has 1 heterocycles. The maximum absolute atomic E-state index is 12.8. The number of amides is 1. The lowest BCUT2D eigenvalue weighted by Crippen LogP contribution is -2.26. The molecule has 0 atom stereocenters. The van der Waals surface area contributed by atoms with Crippen LogP contribution in [-0.2, 0) is 13.1 Å². The second-order valence-electron chi connectivity index (χ2n) is 5.85. The molecule has 0 saturated heterocycles. The number of hydrogen-bond acceptors (Lipinski definition) is 3. The van der Waals surface area contributed by atoms with Crippen LogP contribution in [0.3, 0.4) is 0 Å². The Hall–Kier alpha value is -2.49. The minimum atomic E-state index is -0.281. The summed E-state index contributed by atoms with van der Waals surface area (Å²) in [6, 6.07) is 5.52. The largest absolute Gasteiger partial charge is 0.508 e. The molecule has 0 fully saturated rings. The fourth-order valence-corrected chi connectivity index (χ4v) is 2.88. The molecule has 0 radical (unpaired) electrons. The summed E-state index contributed by atoms with van der Waals surface area (Å²) < 4.78 is 8.14. The van der Waals surface area contributed by atoms with Crippen LogP contribution in [-0.4, -0.2) is 21.0 Å². The highest BCUT2D eigenvalue weighted by atomic mass is 16.3. The minimum Gasteiger partial charge on any atom is -0.508 e. The molecule has 0 aliphatic carbocycles. The van der Waals surface area contributed by atoms with Crippen molar-refractivity contribution in [3.05, 3.63) is 57.6 Å². The van der Waals surface area contributed by atoms with Crippen LogP contribution >= 0.6 is 0 Å². The molecule has 22 heavy (non-hydrogen) atoms. The number of carbonyl (C=O) groups excluding carboxylic acids is 1. The van der Waals surface area contributed by atoms with Crippen LogP contribution in [0.25, 0.3) is 0 Å². The van der Waals surface area contributed by atoms with E-state index in [2.05, 4.69) is 0 Å². The van der Waals surface area contributed by atoms with Crippen LogP contribution < -0.4 is 0 Å². The molecular formula is C18H19NO3. The summed E-state index contributed by atoms with van der Waals surface area (Å²) in [6.07, 6.45) is 0. The Morgan fingerprint density at radius 1 is 1.09 bits per heavy atom. The number of benzene rings is 2. The van der Waals surface area contributed by atoms with E-state index in [0.717, 1.165) is 16.7 Å². The van der Waals surface area contributed by atoms with E-state index in [1.165, 1.54) is 6.07 Å². The zero-order valence-electron chi connectivity index (χ0n) is 13.9. The fourth-order valence-electron chi connectivity index (χ4n) is 2.88. The standard InChI is InChI=1S/C18H19NO3/c1-10-4-5-13-8-19(9-14(13)6-10)18(22)17-12(3)11(2)15(20)7-16(17)21/h4-7,20-21H,8-9H2,1-3H3/i6D. The third kappa shape index (κ3) is 2.21. The predicted octanol–water partition coefficient (Wildman–Crippen LogP) is 3.18. The van der Waals surface area contributed by atoms with Crippen LogP contribution in [0.2, 0.25) is 0 Å². The highest BCUT2D eigenvalue weighted by Gasteiger charge is 2.28. The SMILES string of the molecule is [2H]c1c(C)ccc2c1CN(C(=O)c1c(O)cc(O)c(C)c1C)C2. The Morgan fingerprint density at radius 3 is 2.50 bits per heavy atom. The highest BCUT2D eigenvalue weighted by molar-refractivity contribution is 5.99. The first kappa shape index (κ1) is 13.2. The summed E-state index contributed by atoms with van der Waals surface area (Å²) >= 11 is 0. The van der Waals surface area contributed by atoms with Gasteiger partial charge in [-0.15, -0.1) is 0 Å². The lowest BCUT2D eigenvalue weighted by Gasteiger charge is -2.19. The van der Waals surface area contributed by atoms with Crippen LogP contribution in [0.5, 0.6) is 11.5 Å². The Labute approximate surface area is 131 Å². The van der Waals surface area contributed by atoms with Gasteiger partial charge in [0.2, 0.25) is 0 Å². The lowest BCUT2D eigenvalue weighted by molar-refractivity contribution is 0.0747. The van der Waals surface area contributed by atoms with Crippen molar-refractivity contribution in [2.75, 3.05) is 0 Å². The van der Waals surface area contributed by atoms with E-state index in [-0.39, 0.29) is 23.0 Å². The molecular weight excluding hydrogens is 278 g/mol. The molecule has 4 nitrogen and oxygen atoms in total. The van der Waals surface area contributed by atoms with Gasteiger partial charge in [0.15, 0.2) is 0 Å². The number of fused-ring (bicyclic) bond motifs is 1. The first-order valence-corrected chi connectivity index (χ1v) is 7.20. The van der Waals surface area contributed by atoms with Gasteiger partial charge in [0.25, 0.3) is 5.91 Å². The molecule has 114 valence electrons. The monoisotopic (exact) mass is 298 g/mol. The second-order valence-corrected chi connectivity index (χ2v) is 5.85. The number of phenolic OH excluding ortho intramolecular Hbond substituents is 2. The van der Waals surface area contributed by atoms with Gasteiger partial charge >= 0.3 is 0 Å². The molecule has 3 rings (SSSR count). The molecule has 2 N–H and O–H groups in total. The molecule has 2 aromatic rings. The van der Waals surface area contributed by atoms with E-state index >= 15 is 0 Å². The van der Waals surface area contributed by atoms with Crippen molar-refractivity contribution >= 4 is 5.91 Å². The van der Waals surface area contributed by atoms with E-state index in [9.17, 15) is 15.0 Å². The Balaban J connectivity index is 1.98. The van der Waals surface area contributed by atoms with Gasteiger partial charge in [0, 0.05) is 19.2 Å². The zero-order valence-corrected chi connectivity index (χ0v) is 12.9. The molecule has 0 saturated carbocycles. The summed E-state index contributed by atoms with van der Waals surface area (Å²) in [5.41, 5.74) is 4.10. The van der Waals surface area contributed by atoms with Gasteiger partial charge in [-0.1, -0.05) is 23.7 Å². The Bertz CT molecular complexity index is 830. The van der Waals surface area contributed by atoms with E-state index in [4.69, 9.17) is 1.37 Å². The molecule has 4 heteroatoms. The first-order chi connectivity index (χ1) is 10.8.